The maximum absolute atomic E-state index is 8.69. The maximum atomic E-state index is 8.69. The standard InChI is InChI=1S/C16H12N4O/c1-21-16-7-3-6-15(20-16)13-4-2-5-14(8-13)19-11-12(9-17)10-18/h2-8,11,19H,1H3. The van der Waals surface area contributed by atoms with Gasteiger partial charge in [0.2, 0.25) is 5.88 Å². The smallest absolute Gasteiger partial charge is 0.213 e. The van der Waals surface area contributed by atoms with Gasteiger partial charge in [0.1, 0.15) is 17.7 Å². The van der Waals surface area contributed by atoms with E-state index in [1.807, 2.05) is 36.4 Å². The zero-order valence-corrected chi connectivity index (χ0v) is 11.4. The topological polar surface area (TPSA) is 81.7 Å². The van der Waals surface area contributed by atoms with Gasteiger partial charge in [-0.3, -0.25) is 0 Å². The van der Waals surface area contributed by atoms with Crippen molar-refractivity contribution in [2.24, 2.45) is 0 Å². The fourth-order valence-corrected chi connectivity index (χ4v) is 1.70. The number of rotatable bonds is 4. The summed E-state index contributed by atoms with van der Waals surface area (Å²) in [4.78, 5) is 4.36. The average Bonchev–Trinajstić information content (AvgIpc) is 2.56. The first-order valence-corrected chi connectivity index (χ1v) is 6.15. The second kappa shape index (κ2) is 6.74. The van der Waals surface area contributed by atoms with Crippen molar-refractivity contribution >= 4 is 5.69 Å². The SMILES string of the molecule is COc1cccc(-c2cccc(NC=C(C#N)C#N)c2)n1. The number of benzene rings is 1. The Morgan fingerprint density at radius 3 is 2.67 bits per heavy atom. The molecule has 0 aliphatic carbocycles. The molecule has 2 rings (SSSR count). The normalized spacial score (nSPS) is 9.10. The molecule has 1 aromatic carbocycles. The van der Waals surface area contributed by atoms with Crippen molar-refractivity contribution < 1.29 is 4.74 Å². The summed E-state index contributed by atoms with van der Waals surface area (Å²) in [6.45, 7) is 0. The number of nitrogens with one attached hydrogen (secondary N) is 1. The second-order valence-electron chi connectivity index (χ2n) is 4.07. The van der Waals surface area contributed by atoms with E-state index < -0.39 is 0 Å². The van der Waals surface area contributed by atoms with Crippen molar-refractivity contribution in [1.82, 2.24) is 4.98 Å². The van der Waals surface area contributed by atoms with Crippen molar-refractivity contribution in [3.63, 3.8) is 0 Å². The molecule has 0 fully saturated rings. The van der Waals surface area contributed by atoms with Crippen LogP contribution in [0.15, 0.2) is 54.2 Å². The van der Waals surface area contributed by atoms with Gasteiger partial charge in [-0.15, -0.1) is 0 Å². The van der Waals surface area contributed by atoms with E-state index in [4.69, 9.17) is 15.3 Å². The largest absolute Gasteiger partial charge is 0.481 e. The molecule has 102 valence electrons. The van der Waals surface area contributed by atoms with Gasteiger partial charge in [-0.1, -0.05) is 18.2 Å². The van der Waals surface area contributed by atoms with E-state index in [-0.39, 0.29) is 5.57 Å². The fourth-order valence-electron chi connectivity index (χ4n) is 1.70. The minimum absolute atomic E-state index is 0.0138. The predicted octanol–water partition coefficient (Wildman–Crippen LogP) is 3.10. The van der Waals surface area contributed by atoms with Crippen LogP contribution >= 0.6 is 0 Å². The molecule has 0 aliphatic rings. The Balaban J connectivity index is 2.28. The molecular weight excluding hydrogens is 264 g/mol. The molecule has 0 amide bonds. The summed E-state index contributed by atoms with van der Waals surface area (Å²) in [7, 11) is 1.57. The third-order valence-corrected chi connectivity index (χ3v) is 2.72. The van der Waals surface area contributed by atoms with Crippen molar-refractivity contribution in [1.29, 1.82) is 10.5 Å². The summed E-state index contributed by atoms with van der Waals surface area (Å²) in [6, 6.07) is 16.6. The molecule has 21 heavy (non-hydrogen) atoms. The molecule has 1 aromatic heterocycles. The lowest BCUT2D eigenvalue weighted by molar-refractivity contribution is 0.398. The van der Waals surface area contributed by atoms with E-state index in [9.17, 15) is 0 Å². The Kier molecular flexibility index (Phi) is 4.53. The zero-order valence-electron chi connectivity index (χ0n) is 11.4. The predicted molar refractivity (Wildman–Crippen MR) is 79.2 cm³/mol. The van der Waals surface area contributed by atoms with E-state index in [0.29, 0.717) is 5.88 Å². The first-order valence-electron chi connectivity index (χ1n) is 6.15. The molecule has 0 bridgehead atoms. The lowest BCUT2D eigenvalue weighted by Gasteiger charge is -2.06. The van der Waals surface area contributed by atoms with Crippen LogP contribution in [0.2, 0.25) is 0 Å². The molecular formula is C16H12N4O. The number of nitrogens with zero attached hydrogens (tertiary/aromatic N) is 3. The Labute approximate surface area is 122 Å². The van der Waals surface area contributed by atoms with Crippen LogP contribution in [0.3, 0.4) is 0 Å². The molecule has 0 aliphatic heterocycles. The number of hydrogen-bond acceptors (Lipinski definition) is 5. The van der Waals surface area contributed by atoms with Crippen LogP contribution in [-0.2, 0) is 0 Å². The third kappa shape index (κ3) is 3.59. The van der Waals surface area contributed by atoms with Crippen molar-refractivity contribution in [3.05, 3.63) is 54.2 Å². The van der Waals surface area contributed by atoms with Gasteiger partial charge in [0.15, 0.2) is 0 Å². The summed E-state index contributed by atoms with van der Waals surface area (Å²) < 4.78 is 5.11. The van der Waals surface area contributed by atoms with Crippen LogP contribution in [0.25, 0.3) is 11.3 Å². The average molecular weight is 276 g/mol. The minimum atomic E-state index is 0.0138. The Hall–Kier alpha value is -3.31. The van der Waals surface area contributed by atoms with Gasteiger partial charge >= 0.3 is 0 Å². The van der Waals surface area contributed by atoms with Crippen molar-refractivity contribution in [2.75, 3.05) is 12.4 Å². The van der Waals surface area contributed by atoms with Gasteiger partial charge in [-0.25, -0.2) is 4.98 Å². The highest BCUT2D eigenvalue weighted by molar-refractivity contribution is 5.66. The summed E-state index contributed by atoms with van der Waals surface area (Å²) in [5, 5.41) is 20.3. The van der Waals surface area contributed by atoms with Gasteiger partial charge in [-0.2, -0.15) is 10.5 Å². The quantitative estimate of drug-likeness (QED) is 0.868. The molecule has 0 spiro atoms. The first kappa shape index (κ1) is 14.1. The number of methoxy groups -OCH3 is 1. The molecule has 0 radical (unpaired) electrons. The highest BCUT2D eigenvalue weighted by Gasteiger charge is 2.02. The highest BCUT2D eigenvalue weighted by Crippen LogP contribution is 2.22. The highest BCUT2D eigenvalue weighted by atomic mass is 16.5. The number of ether oxygens (including phenoxy) is 1. The molecule has 5 heteroatoms. The van der Waals surface area contributed by atoms with Crippen molar-refractivity contribution in [2.45, 2.75) is 0 Å². The maximum Gasteiger partial charge on any atom is 0.213 e. The first-order chi connectivity index (χ1) is 10.3. The molecule has 0 saturated heterocycles. The molecule has 0 saturated carbocycles. The molecule has 0 unspecified atom stereocenters. The van der Waals surface area contributed by atoms with Crippen LogP contribution < -0.4 is 10.1 Å². The fraction of sp³-hybridized carbons (Fsp3) is 0.0625. The summed E-state index contributed by atoms with van der Waals surface area (Å²) in [6.07, 6.45) is 1.37. The number of hydrogen-bond donors (Lipinski definition) is 1. The van der Waals surface area contributed by atoms with E-state index in [1.165, 1.54) is 6.20 Å². The molecule has 1 N–H and O–H groups in total. The summed E-state index contributed by atoms with van der Waals surface area (Å²) >= 11 is 0. The van der Waals surface area contributed by atoms with Crippen LogP contribution in [0, 0.1) is 22.7 Å². The minimum Gasteiger partial charge on any atom is -0.481 e. The number of pyridine rings is 1. The molecule has 0 atom stereocenters. The van der Waals surface area contributed by atoms with Gasteiger partial charge in [0, 0.05) is 23.5 Å². The van der Waals surface area contributed by atoms with E-state index in [1.54, 1.807) is 25.3 Å². The monoisotopic (exact) mass is 276 g/mol. The third-order valence-electron chi connectivity index (χ3n) is 2.72. The lowest BCUT2D eigenvalue weighted by atomic mass is 10.1. The van der Waals surface area contributed by atoms with Crippen molar-refractivity contribution in [3.8, 4) is 29.3 Å². The molecule has 5 nitrogen and oxygen atoms in total. The van der Waals surface area contributed by atoms with Crippen LogP contribution in [-0.4, -0.2) is 12.1 Å². The number of aromatic nitrogens is 1. The lowest BCUT2D eigenvalue weighted by Crippen LogP contribution is -1.92. The van der Waals surface area contributed by atoms with Gasteiger partial charge < -0.3 is 10.1 Å². The Morgan fingerprint density at radius 1 is 1.19 bits per heavy atom. The number of allylic oxidation sites excluding steroid dienone is 1. The van der Waals surface area contributed by atoms with Crippen LogP contribution in [0.4, 0.5) is 5.69 Å². The van der Waals surface area contributed by atoms with Gasteiger partial charge in [-0.05, 0) is 18.2 Å². The van der Waals surface area contributed by atoms with Crippen LogP contribution in [0.1, 0.15) is 0 Å². The van der Waals surface area contributed by atoms with Gasteiger partial charge in [0.05, 0.1) is 12.8 Å². The second-order valence-corrected chi connectivity index (χ2v) is 4.07. The van der Waals surface area contributed by atoms with Gasteiger partial charge in [0.25, 0.3) is 0 Å². The van der Waals surface area contributed by atoms with Crippen LogP contribution in [0.5, 0.6) is 5.88 Å². The van der Waals surface area contributed by atoms with E-state index in [2.05, 4.69) is 10.3 Å². The van der Waals surface area contributed by atoms with E-state index >= 15 is 0 Å². The number of nitriles is 2. The Morgan fingerprint density at radius 2 is 1.95 bits per heavy atom. The Bertz CT molecular complexity index is 737. The summed E-state index contributed by atoms with van der Waals surface area (Å²) in [5.74, 6) is 0.544. The summed E-state index contributed by atoms with van der Waals surface area (Å²) in [5.41, 5.74) is 2.46. The van der Waals surface area contributed by atoms with E-state index in [0.717, 1.165) is 16.9 Å². The molecule has 2 aromatic rings. The zero-order chi connectivity index (χ0) is 15.1. The molecule has 1 heterocycles. The number of anilines is 1.